The summed E-state index contributed by atoms with van der Waals surface area (Å²) in [5.41, 5.74) is 2.73. The van der Waals surface area contributed by atoms with Crippen molar-refractivity contribution >= 4 is 15.7 Å². The van der Waals surface area contributed by atoms with Crippen LogP contribution in [0.15, 0.2) is 54.6 Å². The van der Waals surface area contributed by atoms with Gasteiger partial charge in [-0.3, -0.25) is 4.79 Å². The molecule has 23 heavy (non-hydrogen) atoms. The molecule has 0 bridgehead atoms. The molecule has 120 valence electrons. The van der Waals surface area contributed by atoms with Crippen LogP contribution in [0.4, 0.5) is 0 Å². The summed E-state index contributed by atoms with van der Waals surface area (Å²) in [6, 6.07) is 17.2. The Hall–Kier alpha value is -2.14. The van der Waals surface area contributed by atoms with Gasteiger partial charge < -0.3 is 4.90 Å². The normalized spacial score (nSPS) is 19.4. The highest BCUT2D eigenvalue weighted by molar-refractivity contribution is 7.91. The highest BCUT2D eigenvalue weighted by Crippen LogP contribution is 2.22. The van der Waals surface area contributed by atoms with E-state index in [9.17, 15) is 13.2 Å². The molecule has 0 aliphatic carbocycles. The first-order valence-electron chi connectivity index (χ1n) is 7.59. The molecule has 0 saturated carbocycles. The Morgan fingerprint density at radius 3 is 2.17 bits per heavy atom. The second-order valence-electron chi connectivity index (χ2n) is 5.92. The van der Waals surface area contributed by atoms with Gasteiger partial charge in [0.1, 0.15) is 0 Å². The maximum atomic E-state index is 12.5. The highest BCUT2D eigenvalue weighted by Gasteiger charge is 2.32. The first kappa shape index (κ1) is 15.7. The van der Waals surface area contributed by atoms with Gasteiger partial charge in [0.15, 0.2) is 9.84 Å². The van der Waals surface area contributed by atoms with Crippen LogP contribution in [-0.2, 0) is 9.84 Å². The van der Waals surface area contributed by atoms with Crippen LogP contribution in [0.1, 0.15) is 16.8 Å². The van der Waals surface area contributed by atoms with Crippen molar-refractivity contribution in [2.45, 2.75) is 12.5 Å². The summed E-state index contributed by atoms with van der Waals surface area (Å²) in [6.07, 6.45) is 0.521. The molecule has 0 unspecified atom stereocenters. The van der Waals surface area contributed by atoms with E-state index >= 15 is 0 Å². The monoisotopic (exact) mass is 329 g/mol. The van der Waals surface area contributed by atoms with Crippen LogP contribution in [0.3, 0.4) is 0 Å². The Balaban J connectivity index is 1.75. The molecular formula is C18H19NO3S. The summed E-state index contributed by atoms with van der Waals surface area (Å²) in [5.74, 6) is 0.103. The Kier molecular flexibility index (Phi) is 4.22. The zero-order valence-corrected chi connectivity index (χ0v) is 13.8. The molecule has 4 nitrogen and oxygen atoms in total. The van der Waals surface area contributed by atoms with Gasteiger partial charge in [-0.05, 0) is 29.7 Å². The fraction of sp³-hybridized carbons (Fsp3) is 0.278. The first-order valence-corrected chi connectivity index (χ1v) is 9.41. The smallest absolute Gasteiger partial charge is 0.253 e. The molecule has 1 amide bonds. The SMILES string of the molecule is CN(C(=O)c1ccc(-c2ccccc2)cc1)[C@H]1CCS(=O)(=O)C1. The minimum atomic E-state index is -2.99. The molecule has 3 rings (SSSR count). The van der Waals surface area contributed by atoms with Gasteiger partial charge in [-0.1, -0.05) is 42.5 Å². The molecule has 0 radical (unpaired) electrons. The average Bonchev–Trinajstić information content (AvgIpc) is 2.94. The van der Waals surface area contributed by atoms with Gasteiger partial charge in [0, 0.05) is 18.7 Å². The van der Waals surface area contributed by atoms with Gasteiger partial charge in [-0.15, -0.1) is 0 Å². The van der Waals surface area contributed by atoms with Crippen molar-refractivity contribution in [2.75, 3.05) is 18.6 Å². The van der Waals surface area contributed by atoms with Crippen molar-refractivity contribution in [2.24, 2.45) is 0 Å². The number of sulfone groups is 1. The molecule has 0 aromatic heterocycles. The Labute approximate surface area is 136 Å². The van der Waals surface area contributed by atoms with E-state index in [0.717, 1.165) is 11.1 Å². The maximum Gasteiger partial charge on any atom is 0.253 e. The Bertz CT molecular complexity index is 798. The number of nitrogens with zero attached hydrogens (tertiary/aromatic N) is 1. The number of hydrogen-bond donors (Lipinski definition) is 0. The van der Waals surface area contributed by atoms with Gasteiger partial charge in [-0.2, -0.15) is 0 Å². The lowest BCUT2D eigenvalue weighted by atomic mass is 10.0. The number of carbonyl (C=O) groups is 1. The molecule has 1 atom stereocenters. The van der Waals surface area contributed by atoms with Crippen LogP contribution in [0.2, 0.25) is 0 Å². The van der Waals surface area contributed by atoms with Crippen molar-refractivity contribution < 1.29 is 13.2 Å². The number of benzene rings is 2. The molecule has 1 saturated heterocycles. The first-order chi connectivity index (χ1) is 11.0. The minimum Gasteiger partial charge on any atom is -0.338 e. The van der Waals surface area contributed by atoms with E-state index in [1.165, 1.54) is 0 Å². The summed E-state index contributed by atoms with van der Waals surface area (Å²) in [6.45, 7) is 0. The maximum absolute atomic E-state index is 12.5. The van der Waals surface area contributed by atoms with E-state index in [-0.39, 0.29) is 23.5 Å². The molecule has 0 N–H and O–H groups in total. The fourth-order valence-electron chi connectivity index (χ4n) is 2.89. The summed E-state index contributed by atoms with van der Waals surface area (Å²) in [7, 11) is -1.31. The third-order valence-corrected chi connectivity index (χ3v) is 6.07. The largest absolute Gasteiger partial charge is 0.338 e. The van der Waals surface area contributed by atoms with E-state index in [4.69, 9.17) is 0 Å². The number of hydrogen-bond acceptors (Lipinski definition) is 3. The lowest BCUT2D eigenvalue weighted by Crippen LogP contribution is -2.37. The molecule has 1 aliphatic rings. The van der Waals surface area contributed by atoms with Crippen molar-refractivity contribution in [3.8, 4) is 11.1 Å². The second-order valence-corrected chi connectivity index (χ2v) is 8.15. The summed E-state index contributed by atoms with van der Waals surface area (Å²) < 4.78 is 23.1. The Morgan fingerprint density at radius 2 is 1.61 bits per heavy atom. The molecule has 2 aromatic rings. The summed E-state index contributed by atoms with van der Waals surface area (Å²) >= 11 is 0. The minimum absolute atomic E-state index is 0.0668. The molecule has 1 fully saturated rings. The average molecular weight is 329 g/mol. The molecular weight excluding hydrogens is 310 g/mol. The number of rotatable bonds is 3. The van der Waals surface area contributed by atoms with E-state index < -0.39 is 9.84 Å². The number of carbonyl (C=O) groups excluding carboxylic acids is 1. The molecule has 5 heteroatoms. The van der Waals surface area contributed by atoms with Crippen LogP contribution in [0.25, 0.3) is 11.1 Å². The van der Waals surface area contributed by atoms with Crippen molar-refractivity contribution in [1.82, 2.24) is 4.90 Å². The zero-order chi connectivity index (χ0) is 16.4. The highest BCUT2D eigenvalue weighted by atomic mass is 32.2. The molecule has 1 heterocycles. The van der Waals surface area contributed by atoms with E-state index in [0.29, 0.717) is 12.0 Å². The van der Waals surface area contributed by atoms with Crippen LogP contribution in [0.5, 0.6) is 0 Å². The number of amides is 1. The van der Waals surface area contributed by atoms with Gasteiger partial charge in [0.05, 0.1) is 11.5 Å². The lowest BCUT2D eigenvalue weighted by molar-refractivity contribution is 0.0747. The molecule has 0 spiro atoms. The van der Waals surface area contributed by atoms with Crippen LogP contribution in [-0.4, -0.2) is 43.8 Å². The predicted octanol–water partition coefficient (Wildman–Crippen LogP) is 2.61. The van der Waals surface area contributed by atoms with Gasteiger partial charge in [0.25, 0.3) is 5.91 Å². The van der Waals surface area contributed by atoms with E-state index in [2.05, 4.69) is 0 Å². The topological polar surface area (TPSA) is 54.5 Å². The lowest BCUT2D eigenvalue weighted by Gasteiger charge is -2.23. The summed E-state index contributed by atoms with van der Waals surface area (Å²) in [4.78, 5) is 14.1. The molecule has 2 aromatic carbocycles. The van der Waals surface area contributed by atoms with Gasteiger partial charge >= 0.3 is 0 Å². The van der Waals surface area contributed by atoms with Crippen molar-refractivity contribution in [1.29, 1.82) is 0 Å². The van der Waals surface area contributed by atoms with Crippen LogP contribution in [0, 0.1) is 0 Å². The fourth-order valence-corrected chi connectivity index (χ4v) is 4.66. The van der Waals surface area contributed by atoms with Crippen LogP contribution >= 0.6 is 0 Å². The quantitative estimate of drug-likeness (QED) is 0.870. The van der Waals surface area contributed by atoms with E-state index in [1.807, 2.05) is 42.5 Å². The van der Waals surface area contributed by atoms with Crippen molar-refractivity contribution in [3.05, 3.63) is 60.2 Å². The third-order valence-electron chi connectivity index (χ3n) is 4.32. The zero-order valence-electron chi connectivity index (χ0n) is 13.0. The predicted molar refractivity (Wildman–Crippen MR) is 91.0 cm³/mol. The molecule has 1 aliphatic heterocycles. The standard InChI is InChI=1S/C18H19NO3S/c1-19(17-11-12-23(21,22)13-17)18(20)16-9-7-15(8-10-16)14-5-3-2-4-6-14/h2-10,17H,11-13H2,1H3/t17-/m0/s1. The van der Waals surface area contributed by atoms with Crippen molar-refractivity contribution in [3.63, 3.8) is 0 Å². The Morgan fingerprint density at radius 1 is 1.00 bits per heavy atom. The second kappa shape index (κ2) is 6.16. The van der Waals surface area contributed by atoms with E-state index in [1.54, 1.807) is 24.1 Å². The van der Waals surface area contributed by atoms with Gasteiger partial charge in [-0.25, -0.2) is 8.42 Å². The summed E-state index contributed by atoms with van der Waals surface area (Å²) in [5, 5.41) is 0. The van der Waals surface area contributed by atoms with Gasteiger partial charge in [0.2, 0.25) is 0 Å². The van der Waals surface area contributed by atoms with Crippen LogP contribution < -0.4 is 0 Å². The third kappa shape index (κ3) is 3.45.